The molecular weight excluding hydrogens is 246 g/mol. The number of amides is 1. The Morgan fingerprint density at radius 1 is 1.53 bits per heavy atom. The number of hydrogen-bond acceptors (Lipinski definition) is 5. The predicted octanol–water partition coefficient (Wildman–Crippen LogP) is 0.0296. The van der Waals surface area contributed by atoms with Crippen LogP contribution in [0, 0.1) is 6.92 Å². The van der Waals surface area contributed by atoms with Gasteiger partial charge in [-0.25, -0.2) is 9.50 Å². The Hall–Kier alpha value is -2.02. The van der Waals surface area contributed by atoms with Gasteiger partial charge in [0.15, 0.2) is 0 Å². The zero-order valence-corrected chi connectivity index (χ0v) is 10.9. The van der Waals surface area contributed by atoms with Crippen LogP contribution in [-0.2, 0) is 0 Å². The molecule has 19 heavy (non-hydrogen) atoms. The number of aryl methyl sites for hydroxylation is 1. The van der Waals surface area contributed by atoms with E-state index in [1.165, 1.54) is 0 Å². The topological polar surface area (TPSA) is 83.6 Å². The van der Waals surface area contributed by atoms with Crippen LogP contribution in [0.5, 0.6) is 0 Å². The average Bonchev–Trinajstić information content (AvgIpc) is 2.79. The first-order chi connectivity index (χ1) is 9.02. The van der Waals surface area contributed by atoms with Crippen molar-refractivity contribution < 1.29 is 9.90 Å². The molecule has 1 amide bonds. The van der Waals surface area contributed by atoms with Crippen LogP contribution < -0.4 is 0 Å². The van der Waals surface area contributed by atoms with Gasteiger partial charge in [-0.1, -0.05) is 6.92 Å². The van der Waals surface area contributed by atoms with Gasteiger partial charge in [0, 0.05) is 11.9 Å². The van der Waals surface area contributed by atoms with E-state index in [9.17, 15) is 9.90 Å². The van der Waals surface area contributed by atoms with Gasteiger partial charge in [-0.2, -0.15) is 4.98 Å². The molecule has 1 fully saturated rings. The Morgan fingerprint density at radius 2 is 2.26 bits per heavy atom. The van der Waals surface area contributed by atoms with Crippen LogP contribution in [0.4, 0.5) is 0 Å². The van der Waals surface area contributed by atoms with Crippen molar-refractivity contribution in [3.8, 4) is 0 Å². The maximum Gasteiger partial charge on any atom is 0.293 e. The van der Waals surface area contributed by atoms with E-state index in [0.717, 1.165) is 5.69 Å². The lowest BCUT2D eigenvalue weighted by atomic mass is 9.91. The molecule has 0 aromatic carbocycles. The minimum absolute atomic E-state index is 0.125. The van der Waals surface area contributed by atoms with E-state index in [1.54, 1.807) is 21.7 Å². The SMILES string of the molecule is CCC1(O)CN(C(=O)c2nc3nccc(C)n3n2)C1. The third kappa shape index (κ3) is 1.86. The maximum atomic E-state index is 12.2. The highest BCUT2D eigenvalue weighted by Crippen LogP contribution is 2.25. The third-order valence-electron chi connectivity index (χ3n) is 3.54. The Morgan fingerprint density at radius 3 is 2.89 bits per heavy atom. The Bertz CT molecular complexity index is 645. The van der Waals surface area contributed by atoms with Crippen LogP contribution in [-0.4, -0.2) is 54.2 Å². The number of fused-ring (bicyclic) bond motifs is 1. The van der Waals surface area contributed by atoms with Crippen molar-refractivity contribution in [1.82, 2.24) is 24.5 Å². The summed E-state index contributed by atoms with van der Waals surface area (Å²) in [7, 11) is 0. The first-order valence-electron chi connectivity index (χ1n) is 6.22. The first-order valence-corrected chi connectivity index (χ1v) is 6.22. The molecule has 0 radical (unpaired) electrons. The summed E-state index contributed by atoms with van der Waals surface area (Å²) >= 11 is 0. The highest BCUT2D eigenvalue weighted by atomic mass is 16.3. The zero-order chi connectivity index (χ0) is 13.6. The fourth-order valence-electron chi connectivity index (χ4n) is 2.17. The number of β-amino-alcohol motifs (C(OH)–C–C–N with tert-alkyl or cyclic N) is 1. The summed E-state index contributed by atoms with van der Waals surface area (Å²) in [6.45, 7) is 4.45. The van der Waals surface area contributed by atoms with Gasteiger partial charge in [-0.05, 0) is 19.4 Å². The molecule has 1 saturated heterocycles. The number of nitrogens with zero attached hydrogens (tertiary/aromatic N) is 5. The van der Waals surface area contributed by atoms with Crippen LogP contribution in [0.2, 0.25) is 0 Å². The van der Waals surface area contributed by atoms with Crippen LogP contribution in [0.15, 0.2) is 12.3 Å². The summed E-state index contributed by atoms with van der Waals surface area (Å²) in [5, 5.41) is 14.1. The van der Waals surface area contributed by atoms with Crippen LogP contribution in [0.1, 0.15) is 29.7 Å². The van der Waals surface area contributed by atoms with Crippen LogP contribution in [0.3, 0.4) is 0 Å². The largest absolute Gasteiger partial charge is 0.386 e. The summed E-state index contributed by atoms with van der Waals surface area (Å²) in [6.07, 6.45) is 2.27. The van der Waals surface area contributed by atoms with Crippen LogP contribution >= 0.6 is 0 Å². The van der Waals surface area contributed by atoms with Crippen molar-refractivity contribution >= 4 is 11.7 Å². The molecule has 7 nitrogen and oxygen atoms in total. The van der Waals surface area contributed by atoms with Crippen molar-refractivity contribution in [2.45, 2.75) is 25.9 Å². The second kappa shape index (κ2) is 3.99. The van der Waals surface area contributed by atoms with Gasteiger partial charge >= 0.3 is 0 Å². The molecule has 0 bridgehead atoms. The zero-order valence-electron chi connectivity index (χ0n) is 10.9. The lowest BCUT2D eigenvalue weighted by molar-refractivity contribution is -0.0829. The Labute approximate surface area is 109 Å². The summed E-state index contributed by atoms with van der Waals surface area (Å²) in [4.78, 5) is 21.9. The summed E-state index contributed by atoms with van der Waals surface area (Å²) < 4.78 is 1.54. The minimum Gasteiger partial charge on any atom is -0.386 e. The van der Waals surface area contributed by atoms with E-state index in [-0.39, 0.29) is 11.7 Å². The number of likely N-dealkylation sites (tertiary alicyclic amines) is 1. The molecule has 0 spiro atoms. The maximum absolute atomic E-state index is 12.2. The molecular formula is C12H15N5O2. The molecule has 2 aromatic rings. The van der Waals surface area contributed by atoms with E-state index >= 15 is 0 Å². The normalized spacial score (nSPS) is 17.5. The van der Waals surface area contributed by atoms with E-state index in [1.807, 2.05) is 13.8 Å². The molecule has 3 rings (SSSR count). The number of aromatic nitrogens is 4. The highest BCUT2D eigenvalue weighted by molar-refractivity contribution is 5.91. The van der Waals surface area contributed by atoms with Crippen molar-refractivity contribution in [3.05, 3.63) is 23.8 Å². The molecule has 0 unspecified atom stereocenters. The van der Waals surface area contributed by atoms with Gasteiger partial charge in [-0.15, -0.1) is 5.10 Å². The molecule has 2 aromatic heterocycles. The van der Waals surface area contributed by atoms with Gasteiger partial charge in [0.25, 0.3) is 11.7 Å². The summed E-state index contributed by atoms with van der Waals surface area (Å²) in [6, 6.07) is 1.80. The smallest absolute Gasteiger partial charge is 0.293 e. The first kappa shape index (κ1) is 12.0. The summed E-state index contributed by atoms with van der Waals surface area (Å²) in [5.74, 6) is 0.276. The highest BCUT2D eigenvalue weighted by Gasteiger charge is 2.43. The summed E-state index contributed by atoms with van der Waals surface area (Å²) in [5.41, 5.74) is 0.119. The van der Waals surface area contributed by atoms with Crippen molar-refractivity contribution in [1.29, 1.82) is 0 Å². The molecule has 1 aliphatic rings. The third-order valence-corrected chi connectivity index (χ3v) is 3.54. The number of rotatable bonds is 2. The second-order valence-electron chi connectivity index (χ2n) is 4.97. The van der Waals surface area contributed by atoms with Crippen LogP contribution in [0.25, 0.3) is 5.78 Å². The Kier molecular flexibility index (Phi) is 2.53. The molecule has 7 heteroatoms. The van der Waals surface area contributed by atoms with E-state index < -0.39 is 5.60 Å². The van der Waals surface area contributed by atoms with E-state index in [0.29, 0.717) is 25.3 Å². The fraction of sp³-hybridized carbons (Fsp3) is 0.500. The molecule has 0 atom stereocenters. The van der Waals surface area contributed by atoms with Gasteiger partial charge < -0.3 is 10.0 Å². The molecule has 0 aliphatic carbocycles. The van der Waals surface area contributed by atoms with Crippen molar-refractivity contribution in [2.24, 2.45) is 0 Å². The number of carbonyl (C=O) groups is 1. The van der Waals surface area contributed by atoms with Gasteiger partial charge in [-0.3, -0.25) is 4.79 Å². The van der Waals surface area contributed by atoms with E-state index in [4.69, 9.17) is 0 Å². The molecule has 3 heterocycles. The standard InChI is InChI=1S/C12H15N5O2/c1-3-12(19)6-16(7-12)10(18)9-14-11-13-5-4-8(2)17(11)15-9/h4-5,19H,3,6-7H2,1-2H3. The lowest BCUT2D eigenvalue weighted by Crippen LogP contribution is -2.63. The lowest BCUT2D eigenvalue weighted by Gasteiger charge is -2.45. The molecule has 0 saturated carbocycles. The quantitative estimate of drug-likeness (QED) is 0.824. The van der Waals surface area contributed by atoms with Crippen molar-refractivity contribution in [2.75, 3.05) is 13.1 Å². The minimum atomic E-state index is -0.747. The molecule has 1 aliphatic heterocycles. The predicted molar refractivity (Wildman–Crippen MR) is 66.7 cm³/mol. The molecule has 1 N–H and O–H groups in total. The number of aliphatic hydroxyl groups is 1. The number of hydrogen-bond donors (Lipinski definition) is 1. The number of carbonyl (C=O) groups excluding carboxylic acids is 1. The molecule has 100 valence electrons. The van der Waals surface area contributed by atoms with Gasteiger partial charge in [0.1, 0.15) is 0 Å². The van der Waals surface area contributed by atoms with Gasteiger partial charge in [0.05, 0.1) is 18.7 Å². The second-order valence-corrected chi connectivity index (χ2v) is 4.97. The van der Waals surface area contributed by atoms with E-state index in [2.05, 4.69) is 15.1 Å². The van der Waals surface area contributed by atoms with Crippen molar-refractivity contribution in [3.63, 3.8) is 0 Å². The monoisotopic (exact) mass is 261 g/mol. The fourth-order valence-corrected chi connectivity index (χ4v) is 2.17. The van der Waals surface area contributed by atoms with Gasteiger partial charge in [0.2, 0.25) is 5.82 Å². The Balaban J connectivity index is 1.85. The average molecular weight is 261 g/mol.